The van der Waals surface area contributed by atoms with Gasteiger partial charge in [-0.25, -0.2) is 13.1 Å². The van der Waals surface area contributed by atoms with E-state index in [0.29, 0.717) is 19.1 Å². The smallest absolute Gasteiger partial charge is 0.215 e. The van der Waals surface area contributed by atoms with Gasteiger partial charge in [-0.05, 0) is 32.6 Å². The molecule has 2 aliphatic rings. The van der Waals surface area contributed by atoms with Crippen molar-refractivity contribution in [3.05, 3.63) is 0 Å². The zero-order valence-electron chi connectivity index (χ0n) is 10.3. The van der Waals surface area contributed by atoms with Crippen LogP contribution in [-0.2, 0) is 14.8 Å². The van der Waals surface area contributed by atoms with Gasteiger partial charge in [-0.3, -0.25) is 0 Å². The van der Waals surface area contributed by atoms with Gasteiger partial charge >= 0.3 is 0 Å². The zero-order chi connectivity index (χ0) is 12.3. The highest BCUT2D eigenvalue weighted by Gasteiger charge is 2.26. The predicted molar refractivity (Wildman–Crippen MR) is 66.4 cm³/mol. The summed E-state index contributed by atoms with van der Waals surface area (Å²) in [7, 11) is -3.21. The Balaban J connectivity index is 1.71. The van der Waals surface area contributed by atoms with Gasteiger partial charge in [0.1, 0.15) is 0 Å². The Kier molecular flexibility index (Phi) is 4.41. The summed E-state index contributed by atoms with van der Waals surface area (Å²) in [5.74, 6) is 0. The maximum absolute atomic E-state index is 11.9. The molecule has 0 spiro atoms. The van der Waals surface area contributed by atoms with Crippen LogP contribution in [0, 0.1) is 0 Å². The van der Waals surface area contributed by atoms with Crippen LogP contribution in [-0.4, -0.2) is 45.5 Å². The normalized spacial score (nSPS) is 27.2. The Morgan fingerprint density at radius 2 is 2.12 bits per heavy atom. The third-order valence-corrected chi connectivity index (χ3v) is 5.13. The average Bonchev–Trinajstić information content (AvgIpc) is 2.97. The van der Waals surface area contributed by atoms with Crippen LogP contribution >= 0.6 is 0 Å². The number of ether oxygens (including phenoxy) is 1. The summed E-state index contributed by atoms with van der Waals surface area (Å²) < 4.78 is 31.9. The van der Waals surface area contributed by atoms with Crippen LogP contribution in [0.15, 0.2) is 0 Å². The zero-order valence-corrected chi connectivity index (χ0v) is 11.1. The van der Waals surface area contributed by atoms with Crippen LogP contribution in [0.5, 0.6) is 0 Å². The van der Waals surface area contributed by atoms with E-state index in [4.69, 9.17) is 4.74 Å². The summed E-state index contributed by atoms with van der Waals surface area (Å²) in [5, 5.41) is 2.86. The summed E-state index contributed by atoms with van der Waals surface area (Å²) >= 11 is 0. The van der Waals surface area contributed by atoms with E-state index in [1.165, 1.54) is 12.8 Å². The molecule has 1 aliphatic heterocycles. The molecule has 2 unspecified atom stereocenters. The standard InChI is InChI=1S/C11H22N2O3S/c1-9(7-12-10-4-5-10)17(14,15)13-8-11-3-2-6-16-11/h9-13H,2-8H2,1H3. The molecule has 1 saturated heterocycles. The van der Waals surface area contributed by atoms with Gasteiger partial charge in [0.15, 0.2) is 0 Å². The highest BCUT2D eigenvalue weighted by atomic mass is 32.2. The molecule has 2 atom stereocenters. The molecule has 2 N–H and O–H groups in total. The van der Waals surface area contributed by atoms with Crippen molar-refractivity contribution in [2.75, 3.05) is 19.7 Å². The molecule has 6 heteroatoms. The minimum atomic E-state index is -3.21. The van der Waals surface area contributed by atoms with Crippen molar-refractivity contribution in [2.24, 2.45) is 0 Å². The van der Waals surface area contributed by atoms with E-state index < -0.39 is 10.0 Å². The number of sulfonamides is 1. The molecular formula is C11H22N2O3S. The molecule has 1 heterocycles. The van der Waals surface area contributed by atoms with E-state index in [1.807, 2.05) is 0 Å². The van der Waals surface area contributed by atoms with Gasteiger partial charge in [-0.2, -0.15) is 0 Å². The summed E-state index contributed by atoms with van der Waals surface area (Å²) in [6.45, 7) is 3.44. The fourth-order valence-electron chi connectivity index (χ4n) is 1.89. The molecule has 0 radical (unpaired) electrons. The highest BCUT2D eigenvalue weighted by Crippen LogP contribution is 2.18. The lowest BCUT2D eigenvalue weighted by atomic mass is 10.2. The fourth-order valence-corrected chi connectivity index (χ4v) is 2.90. The average molecular weight is 262 g/mol. The van der Waals surface area contributed by atoms with Crippen LogP contribution in [0.25, 0.3) is 0 Å². The van der Waals surface area contributed by atoms with Crippen molar-refractivity contribution < 1.29 is 13.2 Å². The van der Waals surface area contributed by atoms with Gasteiger partial charge in [0, 0.05) is 25.7 Å². The summed E-state index contributed by atoms with van der Waals surface area (Å²) in [4.78, 5) is 0. The lowest BCUT2D eigenvalue weighted by Gasteiger charge is -2.16. The van der Waals surface area contributed by atoms with E-state index >= 15 is 0 Å². The van der Waals surface area contributed by atoms with E-state index in [9.17, 15) is 8.42 Å². The molecule has 0 aromatic carbocycles. The number of rotatable bonds is 7. The van der Waals surface area contributed by atoms with Crippen molar-refractivity contribution in [1.82, 2.24) is 10.0 Å². The van der Waals surface area contributed by atoms with Crippen molar-refractivity contribution in [3.8, 4) is 0 Å². The Labute approximate surface area is 103 Å². The molecule has 0 amide bonds. The highest BCUT2D eigenvalue weighted by molar-refractivity contribution is 7.90. The minimum Gasteiger partial charge on any atom is -0.377 e. The van der Waals surface area contributed by atoms with Crippen molar-refractivity contribution in [2.45, 2.75) is 50.0 Å². The first-order valence-electron chi connectivity index (χ1n) is 6.41. The molecule has 100 valence electrons. The summed E-state index contributed by atoms with van der Waals surface area (Å²) in [6, 6.07) is 0.547. The van der Waals surface area contributed by atoms with Gasteiger partial charge in [-0.15, -0.1) is 0 Å². The molecule has 0 aromatic heterocycles. The third kappa shape index (κ3) is 4.21. The first-order chi connectivity index (χ1) is 8.08. The molecule has 2 rings (SSSR count). The Hall–Kier alpha value is -0.170. The number of hydrogen-bond donors (Lipinski definition) is 2. The van der Waals surface area contributed by atoms with Crippen LogP contribution < -0.4 is 10.0 Å². The van der Waals surface area contributed by atoms with E-state index in [-0.39, 0.29) is 11.4 Å². The SMILES string of the molecule is CC(CNC1CC1)S(=O)(=O)NCC1CCCO1. The van der Waals surface area contributed by atoms with Gasteiger partial charge in [0.2, 0.25) is 10.0 Å². The van der Waals surface area contributed by atoms with E-state index in [1.54, 1.807) is 6.92 Å². The van der Waals surface area contributed by atoms with Gasteiger partial charge in [0.05, 0.1) is 11.4 Å². The van der Waals surface area contributed by atoms with Gasteiger partial charge < -0.3 is 10.1 Å². The summed E-state index contributed by atoms with van der Waals surface area (Å²) in [5.41, 5.74) is 0. The second-order valence-corrected chi connectivity index (χ2v) is 7.21. The van der Waals surface area contributed by atoms with Gasteiger partial charge in [-0.1, -0.05) is 0 Å². The monoisotopic (exact) mass is 262 g/mol. The molecule has 2 fully saturated rings. The maximum atomic E-state index is 11.9. The van der Waals surface area contributed by atoms with Crippen molar-refractivity contribution >= 4 is 10.0 Å². The molecule has 5 nitrogen and oxygen atoms in total. The lowest BCUT2D eigenvalue weighted by Crippen LogP contribution is -2.42. The third-order valence-electron chi connectivity index (χ3n) is 3.34. The number of hydrogen-bond acceptors (Lipinski definition) is 4. The Bertz CT molecular complexity index is 335. The van der Waals surface area contributed by atoms with Crippen molar-refractivity contribution in [1.29, 1.82) is 0 Å². The molecule has 1 aliphatic carbocycles. The molecule has 0 aromatic rings. The fraction of sp³-hybridized carbons (Fsp3) is 1.00. The second-order valence-electron chi connectivity index (χ2n) is 5.02. The first-order valence-corrected chi connectivity index (χ1v) is 7.96. The Morgan fingerprint density at radius 3 is 2.71 bits per heavy atom. The second kappa shape index (κ2) is 5.65. The topological polar surface area (TPSA) is 67.4 Å². The Morgan fingerprint density at radius 1 is 1.35 bits per heavy atom. The van der Waals surface area contributed by atoms with Crippen LogP contribution in [0.2, 0.25) is 0 Å². The van der Waals surface area contributed by atoms with E-state index in [2.05, 4.69) is 10.0 Å². The van der Waals surface area contributed by atoms with Crippen LogP contribution in [0.4, 0.5) is 0 Å². The quantitative estimate of drug-likeness (QED) is 0.689. The predicted octanol–water partition coefficient (Wildman–Crippen LogP) is 0.225. The van der Waals surface area contributed by atoms with Crippen LogP contribution in [0.1, 0.15) is 32.6 Å². The molecule has 1 saturated carbocycles. The van der Waals surface area contributed by atoms with Crippen LogP contribution in [0.3, 0.4) is 0 Å². The molecule has 17 heavy (non-hydrogen) atoms. The van der Waals surface area contributed by atoms with Gasteiger partial charge in [0.25, 0.3) is 0 Å². The van der Waals surface area contributed by atoms with Crippen molar-refractivity contribution in [3.63, 3.8) is 0 Å². The molecular weight excluding hydrogens is 240 g/mol. The number of nitrogens with one attached hydrogen (secondary N) is 2. The molecule has 0 bridgehead atoms. The first kappa shape index (κ1) is 13.3. The largest absolute Gasteiger partial charge is 0.377 e. The summed E-state index contributed by atoms with van der Waals surface area (Å²) in [6.07, 6.45) is 4.41. The lowest BCUT2D eigenvalue weighted by molar-refractivity contribution is 0.114. The minimum absolute atomic E-state index is 0.0633. The maximum Gasteiger partial charge on any atom is 0.215 e. The van der Waals surface area contributed by atoms with E-state index in [0.717, 1.165) is 19.4 Å².